The maximum Gasteiger partial charge on any atom is 0.250 e. The van der Waals surface area contributed by atoms with Crippen molar-refractivity contribution in [3.8, 4) is 0 Å². The smallest absolute Gasteiger partial charge is 0.250 e. The van der Waals surface area contributed by atoms with Crippen molar-refractivity contribution in [1.29, 1.82) is 0 Å². The molecular weight excluding hydrogens is 186 g/mol. The normalized spacial score (nSPS) is 21.9. The third-order valence-electron chi connectivity index (χ3n) is 2.76. The van der Waals surface area contributed by atoms with Gasteiger partial charge in [-0.3, -0.25) is 4.79 Å². The molecule has 1 atom stereocenters. The van der Waals surface area contributed by atoms with Crippen LogP contribution in [-0.4, -0.2) is 5.91 Å². The molecule has 2 nitrogen and oxygen atoms in total. The molecule has 1 N–H and O–H groups in total. The summed E-state index contributed by atoms with van der Waals surface area (Å²) in [5.41, 5.74) is 3.01. The molecule has 0 spiro atoms. The number of amides is 1. The zero-order chi connectivity index (χ0) is 11.4. The summed E-state index contributed by atoms with van der Waals surface area (Å²) in [7, 11) is 0. The predicted octanol–water partition coefficient (Wildman–Crippen LogP) is 2.94. The lowest BCUT2D eigenvalue weighted by Crippen LogP contribution is -2.27. The van der Waals surface area contributed by atoms with E-state index in [1.807, 2.05) is 19.9 Å². The van der Waals surface area contributed by atoms with Crippen LogP contribution in [0, 0.1) is 5.92 Å². The summed E-state index contributed by atoms with van der Waals surface area (Å²) in [6.07, 6.45) is 7.08. The van der Waals surface area contributed by atoms with Crippen molar-refractivity contribution in [3.05, 3.63) is 35.1 Å². The van der Waals surface area contributed by atoms with Gasteiger partial charge in [0.1, 0.15) is 0 Å². The van der Waals surface area contributed by atoms with Gasteiger partial charge >= 0.3 is 0 Å². The molecule has 0 saturated carbocycles. The van der Waals surface area contributed by atoms with Gasteiger partial charge in [0.15, 0.2) is 0 Å². The highest BCUT2D eigenvalue weighted by atomic mass is 16.1. The van der Waals surface area contributed by atoms with Crippen LogP contribution in [0.5, 0.6) is 0 Å². The number of allylic oxidation sites excluding steroid dienone is 5. The Balaban J connectivity index is 2.73. The molecule has 82 valence electrons. The Hall–Kier alpha value is -1.31. The highest BCUT2D eigenvalue weighted by molar-refractivity contribution is 5.93. The average Bonchev–Trinajstić information content (AvgIpc) is 2.22. The first-order valence-corrected chi connectivity index (χ1v) is 5.37. The van der Waals surface area contributed by atoms with E-state index in [4.69, 9.17) is 0 Å². The molecule has 0 aromatic carbocycles. The predicted molar refractivity (Wildman–Crippen MR) is 63.2 cm³/mol. The van der Waals surface area contributed by atoms with Crippen molar-refractivity contribution in [2.75, 3.05) is 0 Å². The monoisotopic (exact) mass is 205 g/mol. The van der Waals surface area contributed by atoms with E-state index in [0.717, 1.165) is 17.7 Å². The number of rotatable bonds is 2. The van der Waals surface area contributed by atoms with Gasteiger partial charge in [0.25, 0.3) is 5.91 Å². The van der Waals surface area contributed by atoms with Crippen LogP contribution in [0.3, 0.4) is 0 Å². The van der Waals surface area contributed by atoms with Crippen molar-refractivity contribution < 1.29 is 4.79 Å². The lowest BCUT2D eigenvalue weighted by atomic mass is 9.95. The minimum absolute atomic E-state index is 0.00491. The van der Waals surface area contributed by atoms with Crippen molar-refractivity contribution >= 4 is 5.91 Å². The Morgan fingerprint density at radius 2 is 2.27 bits per heavy atom. The van der Waals surface area contributed by atoms with Crippen LogP contribution >= 0.6 is 0 Å². The molecule has 0 saturated heterocycles. The van der Waals surface area contributed by atoms with Gasteiger partial charge in [-0.1, -0.05) is 24.6 Å². The molecule has 2 heteroatoms. The fourth-order valence-electron chi connectivity index (χ4n) is 1.46. The molecule has 0 fully saturated rings. The first kappa shape index (κ1) is 11.8. The number of hydrogen-bond acceptors (Lipinski definition) is 1. The molecule has 0 aliphatic heterocycles. The molecular formula is C13H19NO. The quantitative estimate of drug-likeness (QED) is 0.690. The van der Waals surface area contributed by atoms with E-state index in [1.165, 1.54) is 5.57 Å². The molecule has 1 unspecified atom stereocenters. The van der Waals surface area contributed by atoms with Crippen molar-refractivity contribution in [2.45, 2.75) is 34.1 Å². The standard InChI is InChI=1S/C13H19NO/c1-5-10(3)13(15)14-12-8-9(2)6-7-11(12)4/h5-6,8,11H,7H2,1-4H3,(H,14,15)/b10-5+. The molecule has 15 heavy (non-hydrogen) atoms. The second kappa shape index (κ2) is 4.96. The van der Waals surface area contributed by atoms with Crippen molar-refractivity contribution in [3.63, 3.8) is 0 Å². The first-order chi connectivity index (χ1) is 7.04. The number of carbonyl (C=O) groups excluding carboxylic acids is 1. The Labute approximate surface area is 91.8 Å². The molecule has 1 aliphatic carbocycles. The fraction of sp³-hybridized carbons (Fsp3) is 0.462. The molecule has 1 rings (SSSR count). The minimum atomic E-state index is 0.00491. The van der Waals surface area contributed by atoms with Gasteiger partial charge in [-0.05, 0) is 39.2 Å². The molecule has 0 radical (unpaired) electrons. The summed E-state index contributed by atoms with van der Waals surface area (Å²) >= 11 is 0. The molecule has 1 amide bonds. The van der Waals surface area contributed by atoms with Gasteiger partial charge in [-0.15, -0.1) is 0 Å². The minimum Gasteiger partial charge on any atom is -0.326 e. The van der Waals surface area contributed by atoms with Gasteiger partial charge in [0, 0.05) is 11.3 Å². The van der Waals surface area contributed by atoms with E-state index in [1.54, 1.807) is 0 Å². The van der Waals surface area contributed by atoms with E-state index < -0.39 is 0 Å². The van der Waals surface area contributed by atoms with Crippen molar-refractivity contribution in [1.82, 2.24) is 5.32 Å². The topological polar surface area (TPSA) is 29.1 Å². The van der Waals surface area contributed by atoms with E-state index in [2.05, 4.69) is 31.3 Å². The van der Waals surface area contributed by atoms with Crippen LogP contribution in [0.1, 0.15) is 34.1 Å². The lowest BCUT2D eigenvalue weighted by Gasteiger charge is -2.20. The fourth-order valence-corrected chi connectivity index (χ4v) is 1.46. The van der Waals surface area contributed by atoms with Gasteiger partial charge in [-0.25, -0.2) is 0 Å². The Kier molecular flexibility index (Phi) is 3.89. The largest absolute Gasteiger partial charge is 0.326 e. The maximum absolute atomic E-state index is 11.7. The van der Waals surface area contributed by atoms with Gasteiger partial charge < -0.3 is 5.32 Å². The van der Waals surface area contributed by atoms with Crippen LogP contribution in [-0.2, 0) is 4.79 Å². The van der Waals surface area contributed by atoms with Gasteiger partial charge in [-0.2, -0.15) is 0 Å². The Morgan fingerprint density at radius 1 is 1.60 bits per heavy atom. The van der Waals surface area contributed by atoms with Gasteiger partial charge in [0.05, 0.1) is 0 Å². The molecule has 0 heterocycles. The van der Waals surface area contributed by atoms with Gasteiger partial charge in [0.2, 0.25) is 0 Å². The second-order valence-corrected chi connectivity index (χ2v) is 4.11. The molecule has 0 bridgehead atoms. The Bertz CT molecular complexity index is 348. The maximum atomic E-state index is 11.7. The summed E-state index contributed by atoms with van der Waals surface area (Å²) in [5.74, 6) is 0.410. The first-order valence-electron chi connectivity index (χ1n) is 5.37. The third kappa shape index (κ3) is 3.08. The van der Waals surface area contributed by atoms with Crippen LogP contribution in [0.4, 0.5) is 0 Å². The van der Waals surface area contributed by atoms with E-state index in [9.17, 15) is 4.79 Å². The third-order valence-corrected chi connectivity index (χ3v) is 2.76. The highest BCUT2D eigenvalue weighted by Gasteiger charge is 2.14. The number of hydrogen-bond donors (Lipinski definition) is 1. The number of nitrogens with one attached hydrogen (secondary N) is 1. The lowest BCUT2D eigenvalue weighted by molar-refractivity contribution is -0.116. The molecule has 1 aliphatic rings. The van der Waals surface area contributed by atoms with Crippen LogP contribution in [0.25, 0.3) is 0 Å². The number of carbonyl (C=O) groups is 1. The summed E-state index contributed by atoms with van der Waals surface area (Å²) in [6.45, 7) is 7.88. The average molecular weight is 205 g/mol. The SMILES string of the molecule is C/C=C(\C)C(=O)NC1=CC(C)=CCC1C. The van der Waals surface area contributed by atoms with Crippen molar-refractivity contribution in [2.24, 2.45) is 5.92 Å². The highest BCUT2D eigenvalue weighted by Crippen LogP contribution is 2.21. The second-order valence-electron chi connectivity index (χ2n) is 4.11. The van der Waals surface area contributed by atoms with Crippen LogP contribution in [0.2, 0.25) is 0 Å². The zero-order valence-corrected chi connectivity index (χ0v) is 9.92. The summed E-state index contributed by atoms with van der Waals surface area (Å²) < 4.78 is 0. The summed E-state index contributed by atoms with van der Waals surface area (Å²) in [5, 5.41) is 2.96. The van der Waals surface area contributed by atoms with Crippen LogP contribution in [0.15, 0.2) is 35.1 Å². The molecule has 0 aromatic heterocycles. The van der Waals surface area contributed by atoms with E-state index in [-0.39, 0.29) is 5.91 Å². The molecule has 0 aromatic rings. The van der Waals surface area contributed by atoms with Crippen LogP contribution < -0.4 is 5.32 Å². The Morgan fingerprint density at radius 3 is 2.87 bits per heavy atom. The summed E-state index contributed by atoms with van der Waals surface area (Å²) in [6, 6.07) is 0. The van der Waals surface area contributed by atoms with E-state index in [0.29, 0.717) is 5.92 Å². The zero-order valence-electron chi connectivity index (χ0n) is 9.92. The van der Waals surface area contributed by atoms with E-state index >= 15 is 0 Å². The summed E-state index contributed by atoms with van der Waals surface area (Å²) in [4.78, 5) is 11.7.